The SMILES string of the molecule is COc1cc(Nc2c(C(N)=O)c(-c3ccc([N+](=O)[O-])cc3)nn2C(C)(C)C)c(C)cn1. The van der Waals surface area contributed by atoms with Gasteiger partial charge in [0.05, 0.1) is 17.6 Å². The molecule has 0 fully saturated rings. The van der Waals surface area contributed by atoms with Gasteiger partial charge in [-0.3, -0.25) is 14.9 Å². The van der Waals surface area contributed by atoms with Gasteiger partial charge < -0.3 is 15.8 Å². The first-order valence-corrected chi connectivity index (χ1v) is 9.48. The summed E-state index contributed by atoms with van der Waals surface area (Å²) in [5.74, 6) is 0.140. The van der Waals surface area contributed by atoms with Gasteiger partial charge in [-0.15, -0.1) is 0 Å². The minimum absolute atomic E-state index is 0.0579. The standard InChI is InChI=1S/C21H24N6O4/c1-12-11-23-16(31-5)10-15(12)24-20-17(19(22)28)18(25-26(20)21(2,3)4)13-6-8-14(9-7-13)27(29)30/h6-11H,1-5H3,(H2,22,28)(H,23,24). The molecule has 0 aliphatic heterocycles. The molecule has 31 heavy (non-hydrogen) atoms. The van der Waals surface area contributed by atoms with Gasteiger partial charge in [0.1, 0.15) is 17.1 Å². The van der Waals surface area contributed by atoms with Crippen LogP contribution in [0, 0.1) is 17.0 Å². The van der Waals surface area contributed by atoms with Gasteiger partial charge >= 0.3 is 0 Å². The fourth-order valence-corrected chi connectivity index (χ4v) is 3.07. The molecule has 0 radical (unpaired) electrons. The molecule has 3 rings (SSSR count). The second-order valence-corrected chi connectivity index (χ2v) is 7.99. The predicted octanol–water partition coefficient (Wildman–Crippen LogP) is 3.77. The molecule has 2 aromatic heterocycles. The van der Waals surface area contributed by atoms with Crippen LogP contribution >= 0.6 is 0 Å². The normalized spacial score (nSPS) is 11.3. The van der Waals surface area contributed by atoms with Gasteiger partial charge in [-0.1, -0.05) is 0 Å². The average molecular weight is 424 g/mol. The van der Waals surface area contributed by atoms with E-state index in [-0.39, 0.29) is 11.3 Å². The molecule has 0 bridgehead atoms. The number of hydrogen-bond acceptors (Lipinski definition) is 7. The summed E-state index contributed by atoms with van der Waals surface area (Å²) in [5.41, 5.74) is 7.75. The number of ether oxygens (including phenoxy) is 1. The van der Waals surface area contributed by atoms with Gasteiger partial charge in [-0.05, 0) is 45.4 Å². The largest absolute Gasteiger partial charge is 0.481 e. The van der Waals surface area contributed by atoms with Gasteiger partial charge in [0.15, 0.2) is 0 Å². The molecule has 0 saturated carbocycles. The third-order valence-electron chi connectivity index (χ3n) is 4.66. The van der Waals surface area contributed by atoms with Crippen molar-refractivity contribution in [2.75, 3.05) is 12.4 Å². The zero-order valence-electron chi connectivity index (χ0n) is 18.0. The zero-order chi connectivity index (χ0) is 22.9. The molecule has 1 aromatic carbocycles. The number of carbonyl (C=O) groups is 1. The number of amides is 1. The number of methoxy groups -OCH3 is 1. The number of nitro groups is 1. The van der Waals surface area contributed by atoms with Crippen LogP contribution in [0.5, 0.6) is 5.88 Å². The molecule has 0 spiro atoms. The Kier molecular flexibility index (Phi) is 5.65. The van der Waals surface area contributed by atoms with E-state index >= 15 is 0 Å². The number of nitrogens with two attached hydrogens (primary N) is 1. The highest BCUT2D eigenvalue weighted by Crippen LogP contribution is 2.36. The lowest BCUT2D eigenvalue weighted by Crippen LogP contribution is -2.25. The van der Waals surface area contributed by atoms with E-state index in [4.69, 9.17) is 10.5 Å². The van der Waals surface area contributed by atoms with Crippen LogP contribution in [0.3, 0.4) is 0 Å². The Labute approximate surface area is 179 Å². The number of pyridine rings is 1. The van der Waals surface area contributed by atoms with Crippen molar-refractivity contribution in [1.29, 1.82) is 0 Å². The summed E-state index contributed by atoms with van der Waals surface area (Å²) >= 11 is 0. The molecule has 2 heterocycles. The van der Waals surface area contributed by atoms with E-state index in [2.05, 4.69) is 15.4 Å². The van der Waals surface area contributed by atoms with Crippen LogP contribution in [-0.4, -0.2) is 32.7 Å². The Bertz CT molecular complexity index is 1150. The Morgan fingerprint density at radius 2 is 1.90 bits per heavy atom. The Morgan fingerprint density at radius 3 is 2.42 bits per heavy atom. The summed E-state index contributed by atoms with van der Waals surface area (Å²) in [6.07, 6.45) is 1.65. The van der Waals surface area contributed by atoms with Crippen molar-refractivity contribution in [3.8, 4) is 17.1 Å². The fourth-order valence-electron chi connectivity index (χ4n) is 3.07. The highest BCUT2D eigenvalue weighted by Gasteiger charge is 2.29. The molecular weight excluding hydrogens is 400 g/mol. The lowest BCUT2D eigenvalue weighted by atomic mass is 10.1. The lowest BCUT2D eigenvalue weighted by Gasteiger charge is -2.23. The number of nitrogens with one attached hydrogen (secondary N) is 1. The second kappa shape index (κ2) is 8.05. The summed E-state index contributed by atoms with van der Waals surface area (Å²) in [5, 5.41) is 18.9. The molecule has 10 nitrogen and oxygen atoms in total. The van der Waals surface area contributed by atoms with Gasteiger partial charge in [0.25, 0.3) is 11.6 Å². The summed E-state index contributed by atoms with van der Waals surface area (Å²) in [7, 11) is 1.52. The van der Waals surface area contributed by atoms with Gasteiger partial charge in [0, 0.05) is 35.6 Å². The molecule has 0 atom stereocenters. The summed E-state index contributed by atoms with van der Waals surface area (Å²) < 4.78 is 6.88. The van der Waals surface area contributed by atoms with Crippen molar-refractivity contribution >= 4 is 23.1 Å². The quantitative estimate of drug-likeness (QED) is 0.454. The highest BCUT2D eigenvalue weighted by molar-refractivity contribution is 6.04. The topological polar surface area (TPSA) is 138 Å². The van der Waals surface area contributed by atoms with Crippen LogP contribution in [0.4, 0.5) is 17.2 Å². The van der Waals surface area contributed by atoms with E-state index in [1.807, 2.05) is 27.7 Å². The molecule has 1 amide bonds. The lowest BCUT2D eigenvalue weighted by molar-refractivity contribution is -0.384. The summed E-state index contributed by atoms with van der Waals surface area (Å²) in [6.45, 7) is 7.69. The molecule has 0 unspecified atom stereocenters. The summed E-state index contributed by atoms with van der Waals surface area (Å²) in [6, 6.07) is 7.53. The van der Waals surface area contributed by atoms with E-state index in [9.17, 15) is 14.9 Å². The number of nitrogens with zero attached hydrogens (tertiary/aromatic N) is 4. The van der Waals surface area contributed by atoms with Crippen LogP contribution in [0.25, 0.3) is 11.3 Å². The van der Waals surface area contributed by atoms with Crippen molar-refractivity contribution in [3.63, 3.8) is 0 Å². The number of anilines is 2. The molecule has 162 valence electrons. The molecule has 3 N–H and O–H groups in total. The van der Waals surface area contributed by atoms with E-state index in [1.165, 1.54) is 19.2 Å². The number of nitro benzene ring substituents is 1. The Morgan fingerprint density at radius 1 is 1.26 bits per heavy atom. The van der Waals surface area contributed by atoms with E-state index < -0.39 is 16.4 Å². The summed E-state index contributed by atoms with van der Waals surface area (Å²) in [4.78, 5) is 27.2. The Balaban J connectivity index is 2.22. The smallest absolute Gasteiger partial charge is 0.269 e. The van der Waals surface area contributed by atoms with Gasteiger partial charge in [0.2, 0.25) is 5.88 Å². The molecule has 10 heteroatoms. The maximum atomic E-state index is 12.5. The average Bonchev–Trinajstić information content (AvgIpc) is 3.09. The first-order chi connectivity index (χ1) is 14.5. The van der Waals surface area contributed by atoms with Crippen LogP contribution < -0.4 is 15.8 Å². The number of aryl methyl sites for hydroxylation is 1. The van der Waals surface area contributed by atoms with E-state index in [1.54, 1.807) is 29.1 Å². The predicted molar refractivity (Wildman–Crippen MR) is 117 cm³/mol. The van der Waals surface area contributed by atoms with Crippen LogP contribution in [-0.2, 0) is 5.54 Å². The number of hydrogen-bond donors (Lipinski definition) is 2. The van der Waals surface area contributed by atoms with Crippen LogP contribution in [0.15, 0.2) is 36.5 Å². The third kappa shape index (κ3) is 4.32. The van der Waals surface area contributed by atoms with Crippen molar-refractivity contribution < 1.29 is 14.5 Å². The second-order valence-electron chi connectivity index (χ2n) is 7.99. The zero-order valence-corrected chi connectivity index (χ0v) is 18.0. The number of non-ortho nitro benzene ring substituents is 1. The first-order valence-electron chi connectivity index (χ1n) is 9.48. The number of carbonyl (C=O) groups excluding carboxylic acids is 1. The van der Waals surface area contributed by atoms with Crippen LogP contribution in [0.1, 0.15) is 36.7 Å². The molecule has 0 aliphatic carbocycles. The number of aromatic nitrogens is 3. The highest BCUT2D eigenvalue weighted by atomic mass is 16.6. The maximum Gasteiger partial charge on any atom is 0.269 e. The van der Waals surface area contributed by atoms with Gasteiger partial charge in [-0.2, -0.15) is 5.10 Å². The maximum absolute atomic E-state index is 12.5. The fraction of sp³-hybridized carbons (Fsp3) is 0.286. The van der Waals surface area contributed by atoms with Crippen molar-refractivity contribution in [2.24, 2.45) is 5.73 Å². The van der Waals surface area contributed by atoms with Crippen LogP contribution in [0.2, 0.25) is 0 Å². The number of rotatable bonds is 6. The molecule has 0 aliphatic rings. The monoisotopic (exact) mass is 424 g/mol. The van der Waals surface area contributed by atoms with Gasteiger partial charge in [-0.25, -0.2) is 9.67 Å². The Hall–Kier alpha value is -3.95. The number of benzene rings is 1. The molecular formula is C21H24N6O4. The van der Waals surface area contributed by atoms with E-state index in [0.29, 0.717) is 28.6 Å². The molecule has 0 saturated heterocycles. The van der Waals surface area contributed by atoms with Crippen molar-refractivity contribution in [3.05, 3.63) is 57.8 Å². The third-order valence-corrected chi connectivity index (χ3v) is 4.66. The number of primary amides is 1. The minimum atomic E-state index is -0.676. The first kappa shape index (κ1) is 21.8. The van der Waals surface area contributed by atoms with E-state index in [0.717, 1.165) is 5.56 Å². The molecule has 3 aromatic rings. The van der Waals surface area contributed by atoms with Crippen molar-refractivity contribution in [2.45, 2.75) is 33.2 Å². The van der Waals surface area contributed by atoms with Crippen molar-refractivity contribution in [1.82, 2.24) is 14.8 Å². The minimum Gasteiger partial charge on any atom is -0.481 e.